The number of nitrogens with one attached hydrogen (secondary N) is 1. The maximum absolute atomic E-state index is 10.8. The summed E-state index contributed by atoms with van der Waals surface area (Å²) in [5.41, 5.74) is 5.33. The van der Waals surface area contributed by atoms with Gasteiger partial charge in [-0.25, -0.2) is 0 Å². The largest absolute Gasteiger partial charge is 0.480 e. The van der Waals surface area contributed by atoms with E-state index in [1.165, 1.54) is 0 Å². The van der Waals surface area contributed by atoms with Gasteiger partial charge in [-0.15, -0.1) is 0 Å². The van der Waals surface area contributed by atoms with Crippen LogP contribution in [0.1, 0.15) is 32.1 Å². The quantitative estimate of drug-likeness (QED) is 0.395. The van der Waals surface area contributed by atoms with Crippen molar-refractivity contribution in [3.63, 3.8) is 0 Å². The fourth-order valence-corrected chi connectivity index (χ4v) is 1.37. The maximum Gasteiger partial charge on any atom is 0.320 e. The van der Waals surface area contributed by atoms with Crippen LogP contribution in [0.15, 0.2) is 0 Å². The average molecular weight is 232 g/mol. The summed E-state index contributed by atoms with van der Waals surface area (Å²) < 4.78 is 0. The summed E-state index contributed by atoms with van der Waals surface area (Å²) in [4.78, 5) is 21.0. The van der Waals surface area contributed by atoms with E-state index in [0.717, 1.165) is 25.7 Å². The minimum atomic E-state index is -1.05. The lowest BCUT2D eigenvalue weighted by Gasteiger charge is -2.12. The minimum Gasteiger partial charge on any atom is -0.480 e. The summed E-state index contributed by atoms with van der Waals surface area (Å²) in [5, 5.41) is 19.7. The van der Waals surface area contributed by atoms with Crippen LogP contribution < -0.4 is 11.1 Å². The first-order valence-corrected chi connectivity index (χ1v) is 5.46. The Kier molecular flexibility index (Phi) is 8.46. The molecule has 0 aliphatic carbocycles. The molecule has 0 bridgehead atoms. The van der Waals surface area contributed by atoms with Crippen LogP contribution in [-0.2, 0) is 9.59 Å². The molecule has 5 N–H and O–H groups in total. The summed E-state index contributed by atoms with van der Waals surface area (Å²) in [7, 11) is 0. The highest BCUT2D eigenvalue weighted by atomic mass is 16.4. The van der Waals surface area contributed by atoms with E-state index < -0.39 is 18.0 Å². The first kappa shape index (κ1) is 14.9. The van der Waals surface area contributed by atoms with E-state index in [0.29, 0.717) is 13.0 Å². The maximum atomic E-state index is 10.8. The van der Waals surface area contributed by atoms with Gasteiger partial charge in [0.25, 0.3) is 0 Å². The molecule has 0 fully saturated rings. The van der Waals surface area contributed by atoms with Crippen LogP contribution in [0.2, 0.25) is 0 Å². The standard InChI is InChI=1S/C10H20N2O4/c11-6-4-2-1-3-5-8(10(15)16)12-7-9(13)14/h8,12H,1-7,11H2,(H,13,14)(H,15,16). The van der Waals surface area contributed by atoms with E-state index in [1.807, 2.05) is 0 Å². The van der Waals surface area contributed by atoms with Crippen LogP contribution in [0.5, 0.6) is 0 Å². The van der Waals surface area contributed by atoms with Crippen molar-refractivity contribution in [3.8, 4) is 0 Å². The topological polar surface area (TPSA) is 113 Å². The predicted octanol–water partition coefficient (Wildman–Crippen LogP) is 0.0230. The Hall–Kier alpha value is -1.14. The number of rotatable bonds is 10. The van der Waals surface area contributed by atoms with Gasteiger partial charge in [-0.1, -0.05) is 19.3 Å². The van der Waals surface area contributed by atoms with Gasteiger partial charge in [-0.05, 0) is 19.4 Å². The third kappa shape index (κ3) is 8.19. The molecule has 0 aromatic rings. The van der Waals surface area contributed by atoms with Crippen molar-refractivity contribution in [2.45, 2.75) is 38.1 Å². The number of hydrogen-bond acceptors (Lipinski definition) is 4. The number of hydrogen-bond donors (Lipinski definition) is 4. The summed E-state index contributed by atoms with van der Waals surface area (Å²) in [6.07, 6.45) is 4.08. The first-order chi connectivity index (χ1) is 7.57. The third-order valence-electron chi connectivity index (χ3n) is 2.24. The Morgan fingerprint density at radius 2 is 1.75 bits per heavy atom. The Labute approximate surface area is 94.8 Å². The Morgan fingerprint density at radius 1 is 1.12 bits per heavy atom. The number of carbonyl (C=O) groups is 2. The molecule has 1 unspecified atom stereocenters. The molecule has 0 aliphatic rings. The lowest BCUT2D eigenvalue weighted by atomic mass is 10.1. The van der Waals surface area contributed by atoms with Crippen molar-refractivity contribution in [3.05, 3.63) is 0 Å². The molecule has 0 radical (unpaired) electrons. The van der Waals surface area contributed by atoms with Gasteiger partial charge in [0, 0.05) is 0 Å². The Morgan fingerprint density at radius 3 is 2.25 bits per heavy atom. The Balaban J connectivity index is 3.68. The molecule has 6 nitrogen and oxygen atoms in total. The molecule has 0 rings (SSSR count). The molecule has 0 saturated heterocycles. The molecule has 0 aromatic heterocycles. The van der Waals surface area contributed by atoms with Gasteiger partial charge in [0.2, 0.25) is 0 Å². The van der Waals surface area contributed by atoms with Crippen molar-refractivity contribution < 1.29 is 19.8 Å². The van der Waals surface area contributed by atoms with Crippen LogP contribution >= 0.6 is 0 Å². The van der Waals surface area contributed by atoms with E-state index in [-0.39, 0.29) is 6.54 Å². The van der Waals surface area contributed by atoms with Crippen molar-refractivity contribution >= 4 is 11.9 Å². The van der Waals surface area contributed by atoms with Gasteiger partial charge < -0.3 is 15.9 Å². The zero-order valence-corrected chi connectivity index (χ0v) is 9.32. The van der Waals surface area contributed by atoms with Gasteiger partial charge in [0.05, 0.1) is 6.54 Å². The van der Waals surface area contributed by atoms with Crippen LogP contribution in [0.25, 0.3) is 0 Å². The van der Waals surface area contributed by atoms with E-state index >= 15 is 0 Å². The number of carboxylic acids is 2. The van der Waals surface area contributed by atoms with Gasteiger partial charge in [0.15, 0.2) is 0 Å². The second-order valence-electron chi connectivity index (χ2n) is 3.66. The zero-order chi connectivity index (χ0) is 12.4. The van der Waals surface area contributed by atoms with E-state index in [9.17, 15) is 9.59 Å². The smallest absolute Gasteiger partial charge is 0.320 e. The summed E-state index contributed by atoms with van der Waals surface area (Å²) in [6, 6.07) is -0.769. The second kappa shape index (κ2) is 9.11. The van der Waals surface area contributed by atoms with Crippen LogP contribution in [0, 0.1) is 0 Å². The third-order valence-corrected chi connectivity index (χ3v) is 2.24. The lowest BCUT2D eigenvalue weighted by molar-refractivity contribution is -0.140. The average Bonchev–Trinajstić information content (AvgIpc) is 2.21. The van der Waals surface area contributed by atoms with E-state index in [1.54, 1.807) is 0 Å². The summed E-state index contributed by atoms with van der Waals surface area (Å²) >= 11 is 0. The lowest BCUT2D eigenvalue weighted by Crippen LogP contribution is -2.39. The molecule has 94 valence electrons. The fraction of sp³-hybridized carbons (Fsp3) is 0.800. The molecule has 0 aliphatic heterocycles. The van der Waals surface area contributed by atoms with Gasteiger partial charge in [-0.3, -0.25) is 14.9 Å². The van der Waals surface area contributed by atoms with Crippen LogP contribution in [0.4, 0.5) is 0 Å². The SMILES string of the molecule is NCCCCCCC(NCC(=O)O)C(=O)O. The molecular weight excluding hydrogens is 212 g/mol. The predicted molar refractivity (Wildman–Crippen MR) is 59.2 cm³/mol. The molecule has 16 heavy (non-hydrogen) atoms. The highest BCUT2D eigenvalue weighted by Gasteiger charge is 2.16. The van der Waals surface area contributed by atoms with E-state index in [4.69, 9.17) is 15.9 Å². The number of unbranched alkanes of at least 4 members (excludes halogenated alkanes) is 3. The second-order valence-corrected chi connectivity index (χ2v) is 3.66. The first-order valence-electron chi connectivity index (χ1n) is 5.46. The van der Waals surface area contributed by atoms with Crippen molar-refractivity contribution in [1.29, 1.82) is 0 Å². The molecule has 0 aromatic carbocycles. The fourth-order valence-electron chi connectivity index (χ4n) is 1.37. The highest BCUT2D eigenvalue weighted by molar-refractivity contribution is 5.75. The number of aliphatic carboxylic acids is 2. The molecule has 0 spiro atoms. The minimum absolute atomic E-state index is 0.320. The number of nitrogens with two attached hydrogens (primary N) is 1. The highest BCUT2D eigenvalue weighted by Crippen LogP contribution is 2.05. The van der Waals surface area contributed by atoms with Gasteiger partial charge >= 0.3 is 11.9 Å². The molecule has 1 atom stereocenters. The monoisotopic (exact) mass is 232 g/mol. The van der Waals surface area contributed by atoms with Crippen LogP contribution in [0.3, 0.4) is 0 Å². The molecule has 0 amide bonds. The van der Waals surface area contributed by atoms with Crippen molar-refractivity contribution in [2.24, 2.45) is 5.73 Å². The molecule has 0 heterocycles. The zero-order valence-electron chi connectivity index (χ0n) is 9.32. The number of carboxylic acid groups (broad SMARTS) is 2. The molecular formula is C10H20N2O4. The molecule has 0 saturated carbocycles. The normalized spacial score (nSPS) is 12.3. The van der Waals surface area contributed by atoms with Crippen LogP contribution in [-0.4, -0.2) is 41.3 Å². The molecule has 6 heteroatoms. The van der Waals surface area contributed by atoms with E-state index in [2.05, 4.69) is 5.32 Å². The Bertz CT molecular complexity index is 221. The van der Waals surface area contributed by atoms with Crippen molar-refractivity contribution in [1.82, 2.24) is 5.32 Å². The van der Waals surface area contributed by atoms with Gasteiger partial charge in [0.1, 0.15) is 6.04 Å². The summed E-state index contributed by atoms with van der Waals surface area (Å²) in [5.74, 6) is -2.05. The van der Waals surface area contributed by atoms with Crippen molar-refractivity contribution in [2.75, 3.05) is 13.1 Å². The summed E-state index contributed by atoms with van der Waals surface area (Å²) in [6.45, 7) is 0.333. The van der Waals surface area contributed by atoms with Gasteiger partial charge in [-0.2, -0.15) is 0 Å².